The highest BCUT2D eigenvalue weighted by Crippen LogP contribution is 2.42. The third-order valence-corrected chi connectivity index (χ3v) is 6.82. The van der Waals surface area contributed by atoms with E-state index in [9.17, 15) is 33.5 Å². The van der Waals surface area contributed by atoms with Crippen LogP contribution in [0.4, 0.5) is 4.39 Å². The number of amides is 3. The van der Waals surface area contributed by atoms with Gasteiger partial charge in [-0.25, -0.2) is 9.37 Å². The van der Waals surface area contributed by atoms with E-state index in [-0.39, 0.29) is 30.4 Å². The molecule has 0 saturated heterocycles. The fraction of sp³-hybridized carbons (Fsp3) is 0.462. The molecule has 39 heavy (non-hydrogen) atoms. The van der Waals surface area contributed by atoms with Crippen molar-refractivity contribution in [2.75, 3.05) is 28.2 Å². The first-order valence-electron chi connectivity index (χ1n) is 12.5. The third kappa shape index (κ3) is 6.14. The van der Waals surface area contributed by atoms with Gasteiger partial charge in [-0.2, -0.15) is 0 Å². The van der Waals surface area contributed by atoms with Crippen LogP contribution >= 0.6 is 0 Å². The zero-order valence-electron chi connectivity index (χ0n) is 22.3. The fourth-order valence-electron chi connectivity index (χ4n) is 4.82. The zero-order chi connectivity index (χ0) is 28.9. The minimum Gasteiger partial charge on any atom is -0.501 e. The highest BCUT2D eigenvalue weighted by Gasteiger charge is 2.46. The van der Waals surface area contributed by atoms with E-state index in [0.29, 0.717) is 37.5 Å². The Morgan fingerprint density at radius 1 is 1.23 bits per heavy atom. The van der Waals surface area contributed by atoms with Crippen LogP contribution in [0.2, 0.25) is 0 Å². The summed E-state index contributed by atoms with van der Waals surface area (Å²) in [6.07, 6.45) is 2.56. The number of aromatic nitrogens is 2. The molecule has 13 heteroatoms. The first-order chi connectivity index (χ1) is 18.5. The number of nitrogens with one attached hydrogen (secondary N) is 3. The van der Waals surface area contributed by atoms with Crippen LogP contribution in [0.25, 0.3) is 0 Å². The molecule has 1 saturated carbocycles. The van der Waals surface area contributed by atoms with Crippen molar-refractivity contribution in [2.45, 2.75) is 44.3 Å². The average molecular weight is 545 g/mol. The van der Waals surface area contributed by atoms with Crippen molar-refractivity contribution in [1.29, 1.82) is 0 Å². The van der Waals surface area contributed by atoms with Crippen LogP contribution in [0.5, 0.6) is 5.75 Å². The average Bonchev–Trinajstić information content (AvgIpc) is 3.15. The summed E-state index contributed by atoms with van der Waals surface area (Å²) in [6, 6.07) is 3.50. The van der Waals surface area contributed by atoms with E-state index in [0.717, 1.165) is 17.0 Å². The molecule has 3 aliphatic rings. The number of benzene rings is 1. The van der Waals surface area contributed by atoms with Crippen molar-refractivity contribution in [3.8, 4) is 5.75 Å². The van der Waals surface area contributed by atoms with E-state index in [1.807, 2.05) is 14.1 Å². The highest BCUT2D eigenvalue weighted by atomic mass is 19.1. The van der Waals surface area contributed by atoms with Crippen LogP contribution in [0.3, 0.4) is 0 Å². The molecule has 210 valence electrons. The van der Waals surface area contributed by atoms with Crippen molar-refractivity contribution in [3.05, 3.63) is 57.0 Å². The molecule has 3 amide bonds. The van der Waals surface area contributed by atoms with Gasteiger partial charge < -0.3 is 26.0 Å². The van der Waals surface area contributed by atoms with Crippen molar-refractivity contribution in [2.24, 2.45) is 5.92 Å². The second-order valence-electron chi connectivity index (χ2n) is 9.87. The lowest BCUT2D eigenvalue weighted by Gasteiger charge is -2.37. The Balaban J connectivity index is 0.00000134. The summed E-state index contributed by atoms with van der Waals surface area (Å²) in [7, 11) is 6.63. The van der Waals surface area contributed by atoms with Gasteiger partial charge in [0.1, 0.15) is 17.9 Å². The molecule has 0 radical (unpaired) electrons. The Hall–Kier alpha value is -4.13. The molecule has 3 heterocycles. The molecular formula is C26H33FN6O6. The molecule has 12 nitrogen and oxygen atoms in total. The van der Waals surface area contributed by atoms with Gasteiger partial charge >= 0.3 is 11.8 Å². The van der Waals surface area contributed by atoms with Crippen molar-refractivity contribution < 1.29 is 28.7 Å². The van der Waals surface area contributed by atoms with Crippen molar-refractivity contribution in [3.63, 3.8) is 0 Å². The molecule has 5 rings (SSSR count). The van der Waals surface area contributed by atoms with Gasteiger partial charge in [0.2, 0.25) is 5.75 Å². The van der Waals surface area contributed by atoms with Crippen molar-refractivity contribution >= 4 is 24.0 Å². The molecule has 1 aromatic heterocycles. The summed E-state index contributed by atoms with van der Waals surface area (Å²) in [5, 5.41) is 18.5. The van der Waals surface area contributed by atoms with Gasteiger partial charge in [-0.3, -0.25) is 28.5 Å². The lowest BCUT2D eigenvalue weighted by Crippen LogP contribution is -2.53. The Bertz CT molecular complexity index is 1330. The number of likely N-dealkylation sites (N-methyl/N-ethyl adjacent to an activating group) is 1. The zero-order valence-corrected chi connectivity index (χ0v) is 22.3. The van der Waals surface area contributed by atoms with Gasteiger partial charge in [-0.1, -0.05) is 6.07 Å². The Morgan fingerprint density at radius 2 is 1.87 bits per heavy atom. The number of nitrogens with zero attached hydrogens (tertiary/aromatic N) is 3. The summed E-state index contributed by atoms with van der Waals surface area (Å²) >= 11 is 0. The summed E-state index contributed by atoms with van der Waals surface area (Å²) < 4.78 is 14.7. The lowest BCUT2D eigenvalue weighted by molar-refractivity contribution is -0.145. The number of hydrogen-bond acceptors (Lipinski definition) is 8. The minimum atomic E-state index is -1.17. The molecule has 2 bridgehead atoms. The normalized spacial score (nSPS) is 19.1. The van der Waals surface area contributed by atoms with Gasteiger partial charge in [-0.15, -0.1) is 0 Å². The number of aromatic hydroxyl groups is 1. The monoisotopic (exact) mass is 544 g/mol. The summed E-state index contributed by atoms with van der Waals surface area (Å²) in [6.45, 7) is 0.0716. The maximum absolute atomic E-state index is 13.4. The van der Waals surface area contributed by atoms with Gasteiger partial charge in [0.25, 0.3) is 11.5 Å². The SMILES string of the molecule is CN(C)C(=O)C(=O)NC12CCC(CC1)Cn1c2nc(C(=O)NCc2ccc(F)cc2C=O)c(O)c1=O.CNC. The number of halogens is 1. The fourth-order valence-corrected chi connectivity index (χ4v) is 4.82. The van der Waals surface area contributed by atoms with Crippen LogP contribution in [-0.4, -0.2) is 71.8 Å². The van der Waals surface area contributed by atoms with E-state index in [1.54, 1.807) is 0 Å². The van der Waals surface area contributed by atoms with Crippen LogP contribution in [-0.2, 0) is 28.2 Å². The van der Waals surface area contributed by atoms with Gasteiger partial charge in [0, 0.05) is 32.7 Å². The lowest BCUT2D eigenvalue weighted by atomic mass is 9.77. The maximum Gasteiger partial charge on any atom is 0.311 e. The summed E-state index contributed by atoms with van der Waals surface area (Å²) in [4.78, 5) is 67.7. The van der Waals surface area contributed by atoms with Gasteiger partial charge in [0.05, 0.1) is 5.54 Å². The minimum absolute atomic E-state index is 0.0405. The number of aldehydes is 1. The van der Waals surface area contributed by atoms with E-state index < -0.39 is 46.1 Å². The quantitative estimate of drug-likeness (QED) is 0.308. The molecular weight excluding hydrogens is 511 g/mol. The maximum atomic E-state index is 13.4. The Kier molecular flexibility index (Phi) is 9.17. The van der Waals surface area contributed by atoms with Gasteiger partial charge in [0.15, 0.2) is 5.69 Å². The Labute approximate surface area is 224 Å². The molecule has 1 aromatic carbocycles. The molecule has 1 fully saturated rings. The standard InChI is InChI=1S/C24H26FN5O6.C2H7N/c1-29(2)22(36)20(34)28-24-7-5-13(6-8-24)11-30-21(35)18(32)17(27-23(24)30)19(33)26-10-14-3-4-16(25)9-15(14)12-31;1-3-2/h3-4,9,12-13,32H,5-8,10-11H2,1-2H3,(H,26,33)(H,28,34);3H,1-2H3. The molecule has 0 unspecified atom stereocenters. The van der Waals surface area contributed by atoms with Crippen LogP contribution in [0.15, 0.2) is 23.0 Å². The molecule has 2 aromatic rings. The summed E-state index contributed by atoms with van der Waals surface area (Å²) in [5.74, 6) is -3.77. The summed E-state index contributed by atoms with van der Waals surface area (Å²) in [5.41, 5.74) is -2.17. The second kappa shape index (κ2) is 12.2. The first-order valence-corrected chi connectivity index (χ1v) is 12.5. The predicted molar refractivity (Wildman–Crippen MR) is 139 cm³/mol. The number of fused-ring (bicyclic) bond motifs is 2. The predicted octanol–water partition coefficient (Wildman–Crippen LogP) is 0.270. The van der Waals surface area contributed by atoms with E-state index in [4.69, 9.17) is 0 Å². The van der Waals surface area contributed by atoms with Crippen LogP contribution in [0.1, 0.15) is 57.9 Å². The largest absolute Gasteiger partial charge is 0.501 e. The molecule has 1 aliphatic carbocycles. The Morgan fingerprint density at radius 3 is 2.46 bits per heavy atom. The molecule has 4 N–H and O–H groups in total. The highest BCUT2D eigenvalue weighted by molar-refractivity contribution is 6.35. The number of hydrogen-bond donors (Lipinski definition) is 4. The smallest absolute Gasteiger partial charge is 0.311 e. The van der Waals surface area contributed by atoms with E-state index in [2.05, 4.69) is 20.9 Å². The van der Waals surface area contributed by atoms with E-state index in [1.165, 1.54) is 24.7 Å². The van der Waals surface area contributed by atoms with Crippen LogP contribution in [0, 0.1) is 11.7 Å². The van der Waals surface area contributed by atoms with Gasteiger partial charge in [-0.05, 0) is 63.4 Å². The third-order valence-electron chi connectivity index (χ3n) is 6.82. The number of carbonyl (C=O) groups excluding carboxylic acids is 4. The van der Waals surface area contributed by atoms with E-state index >= 15 is 0 Å². The first kappa shape index (κ1) is 29.4. The molecule has 0 atom stereocenters. The molecule has 2 aliphatic heterocycles. The number of rotatable bonds is 5. The van der Waals surface area contributed by atoms with Crippen LogP contribution < -0.4 is 21.5 Å². The second-order valence-corrected chi connectivity index (χ2v) is 9.87. The van der Waals surface area contributed by atoms with Crippen molar-refractivity contribution in [1.82, 2.24) is 30.4 Å². The number of carbonyl (C=O) groups is 4. The topological polar surface area (TPSA) is 163 Å². The molecule has 0 spiro atoms.